The van der Waals surface area contributed by atoms with Crippen LogP contribution in [0.5, 0.6) is 0 Å². The quantitative estimate of drug-likeness (QED) is 0.452. The first-order valence-corrected chi connectivity index (χ1v) is 9.29. The number of anilines is 1. The molecule has 26 heavy (non-hydrogen) atoms. The van der Waals surface area contributed by atoms with Crippen LogP contribution in [0.2, 0.25) is 5.02 Å². The number of nitro groups is 1. The monoisotopic (exact) mass is 395 g/mol. The van der Waals surface area contributed by atoms with Crippen molar-refractivity contribution < 1.29 is 10.0 Å². The Bertz CT molecular complexity index is 769. The second-order valence-corrected chi connectivity index (χ2v) is 7.22. The maximum absolute atomic E-state index is 11.7. The van der Waals surface area contributed by atoms with Gasteiger partial charge in [-0.2, -0.15) is 0 Å². The lowest BCUT2D eigenvalue weighted by Gasteiger charge is -2.34. The first kappa shape index (κ1) is 18.8. The van der Waals surface area contributed by atoms with E-state index in [2.05, 4.69) is 14.9 Å². The van der Waals surface area contributed by atoms with E-state index < -0.39 is 4.92 Å². The van der Waals surface area contributed by atoms with Gasteiger partial charge < -0.3 is 10.0 Å². The van der Waals surface area contributed by atoms with Crippen molar-refractivity contribution in [1.82, 2.24) is 14.9 Å². The Balaban J connectivity index is 1.85. The molecule has 0 unspecified atom stereocenters. The van der Waals surface area contributed by atoms with Gasteiger partial charge >= 0.3 is 5.69 Å². The second-order valence-electron chi connectivity index (χ2n) is 5.72. The highest BCUT2D eigenvalue weighted by Crippen LogP contribution is 2.38. The van der Waals surface area contributed by atoms with E-state index in [1.165, 1.54) is 18.1 Å². The molecule has 0 atom stereocenters. The van der Waals surface area contributed by atoms with Gasteiger partial charge in [-0.1, -0.05) is 23.4 Å². The van der Waals surface area contributed by atoms with Crippen LogP contribution in [0.1, 0.15) is 0 Å². The molecular formula is C16H18ClN5O3S. The second kappa shape index (κ2) is 8.63. The fourth-order valence-electron chi connectivity index (χ4n) is 2.76. The molecule has 1 aromatic heterocycles. The maximum atomic E-state index is 11.7. The number of hydrogen-bond acceptors (Lipinski definition) is 8. The Labute approximate surface area is 160 Å². The molecule has 1 saturated heterocycles. The molecule has 0 spiro atoms. The van der Waals surface area contributed by atoms with Gasteiger partial charge in [-0.3, -0.25) is 15.0 Å². The number of rotatable bonds is 6. The van der Waals surface area contributed by atoms with E-state index in [-0.39, 0.29) is 12.3 Å². The zero-order valence-electron chi connectivity index (χ0n) is 13.9. The van der Waals surface area contributed by atoms with E-state index >= 15 is 0 Å². The van der Waals surface area contributed by atoms with E-state index in [4.69, 9.17) is 16.7 Å². The fraction of sp³-hybridized carbons (Fsp3) is 0.375. The zero-order chi connectivity index (χ0) is 18.5. The van der Waals surface area contributed by atoms with Gasteiger partial charge in [-0.05, 0) is 24.3 Å². The highest BCUT2D eigenvalue weighted by atomic mass is 35.5. The summed E-state index contributed by atoms with van der Waals surface area (Å²) in [6.45, 7) is 3.39. The maximum Gasteiger partial charge on any atom is 0.343 e. The largest absolute Gasteiger partial charge is 0.395 e. The average Bonchev–Trinajstić information content (AvgIpc) is 2.64. The number of aliphatic hydroxyl groups excluding tert-OH is 1. The van der Waals surface area contributed by atoms with Gasteiger partial charge in [0, 0.05) is 42.6 Å². The van der Waals surface area contributed by atoms with Gasteiger partial charge in [0.25, 0.3) is 0 Å². The Morgan fingerprint density at radius 2 is 1.88 bits per heavy atom. The summed E-state index contributed by atoms with van der Waals surface area (Å²) < 4.78 is 0. The smallest absolute Gasteiger partial charge is 0.343 e. The lowest BCUT2D eigenvalue weighted by Crippen LogP contribution is -2.47. The normalized spacial score (nSPS) is 15.2. The van der Waals surface area contributed by atoms with Crippen LogP contribution in [-0.4, -0.2) is 64.2 Å². The van der Waals surface area contributed by atoms with Crippen LogP contribution >= 0.6 is 23.4 Å². The molecule has 0 aliphatic carbocycles. The van der Waals surface area contributed by atoms with Crippen LogP contribution in [0.25, 0.3) is 0 Å². The van der Waals surface area contributed by atoms with E-state index in [0.29, 0.717) is 35.5 Å². The Morgan fingerprint density at radius 1 is 1.19 bits per heavy atom. The third kappa shape index (κ3) is 4.42. The van der Waals surface area contributed by atoms with E-state index in [0.717, 1.165) is 18.0 Å². The van der Waals surface area contributed by atoms with Crippen LogP contribution in [0.3, 0.4) is 0 Å². The lowest BCUT2D eigenvalue weighted by atomic mass is 10.3. The van der Waals surface area contributed by atoms with Gasteiger partial charge in [0.15, 0.2) is 5.03 Å². The number of benzene rings is 1. The number of nitrogens with zero attached hydrogens (tertiary/aromatic N) is 5. The molecule has 8 nitrogen and oxygen atoms in total. The van der Waals surface area contributed by atoms with Crippen LogP contribution in [-0.2, 0) is 0 Å². The lowest BCUT2D eigenvalue weighted by molar-refractivity contribution is -0.387. The number of piperazine rings is 1. The summed E-state index contributed by atoms with van der Waals surface area (Å²) in [4.78, 5) is 24.4. The van der Waals surface area contributed by atoms with Crippen LogP contribution < -0.4 is 4.90 Å². The van der Waals surface area contributed by atoms with Crippen molar-refractivity contribution in [2.24, 2.45) is 0 Å². The summed E-state index contributed by atoms with van der Waals surface area (Å²) in [5.41, 5.74) is -0.0805. The summed E-state index contributed by atoms with van der Waals surface area (Å²) in [6, 6.07) is 7.06. The van der Waals surface area contributed by atoms with E-state index in [9.17, 15) is 10.1 Å². The molecule has 0 saturated carbocycles. The summed E-state index contributed by atoms with van der Waals surface area (Å²) >= 11 is 7.10. The predicted molar refractivity (Wildman–Crippen MR) is 100 cm³/mol. The van der Waals surface area contributed by atoms with Gasteiger partial charge in [-0.15, -0.1) is 0 Å². The molecule has 0 amide bonds. The minimum Gasteiger partial charge on any atom is -0.395 e. The molecule has 1 fully saturated rings. The van der Waals surface area contributed by atoms with Gasteiger partial charge in [0.2, 0.25) is 5.82 Å². The molecule has 1 aromatic carbocycles. The number of aromatic nitrogens is 2. The first-order valence-electron chi connectivity index (χ1n) is 8.09. The summed E-state index contributed by atoms with van der Waals surface area (Å²) in [5, 5.41) is 21.7. The highest BCUT2D eigenvalue weighted by molar-refractivity contribution is 7.99. The predicted octanol–water partition coefficient (Wildman–Crippen LogP) is 2.30. The zero-order valence-corrected chi connectivity index (χ0v) is 15.5. The van der Waals surface area contributed by atoms with Gasteiger partial charge in [0.1, 0.15) is 6.33 Å². The Hall–Kier alpha value is -1.94. The molecule has 2 heterocycles. The van der Waals surface area contributed by atoms with E-state index in [1.54, 1.807) is 24.3 Å². The minimum atomic E-state index is -0.423. The van der Waals surface area contributed by atoms with Crippen molar-refractivity contribution in [3.05, 3.63) is 45.7 Å². The summed E-state index contributed by atoms with van der Waals surface area (Å²) in [7, 11) is 0. The SMILES string of the molecule is O=[N+]([O-])c1c(Sc2ccc(Cl)cc2)ncnc1N1CCN(CCO)CC1. The third-order valence-electron chi connectivity index (χ3n) is 4.07. The van der Waals surface area contributed by atoms with Crippen molar-refractivity contribution in [1.29, 1.82) is 0 Å². The molecule has 1 N–H and O–H groups in total. The standard InChI is InChI=1S/C16H18ClN5O3S/c17-12-1-3-13(4-2-12)26-16-14(22(24)25)15(18-11-19-16)21-7-5-20(6-8-21)9-10-23/h1-4,11,23H,5-10H2. The van der Waals surface area contributed by atoms with Crippen molar-refractivity contribution in [2.75, 3.05) is 44.2 Å². The van der Waals surface area contributed by atoms with Crippen molar-refractivity contribution in [3.63, 3.8) is 0 Å². The van der Waals surface area contributed by atoms with Crippen molar-refractivity contribution in [3.8, 4) is 0 Å². The van der Waals surface area contributed by atoms with Crippen LogP contribution in [0, 0.1) is 10.1 Å². The number of β-amino-alcohol motifs (C(OH)–C–C–N with tert-alkyl or cyclic N) is 1. The van der Waals surface area contributed by atoms with Gasteiger partial charge in [0.05, 0.1) is 11.5 Å². The summed E-state index contributed by atoms with van der Waals surface area (Å²) in [5.74, 6) is 0.338. The Kier molecular flexibility index (Phi) is 6.25. The third-order valence-corrected chi connectivity index (χ3v) is 5.32. The van der Waals surface area contributed by atoms with Crippen LogP contribution in [0.15, 0.2) is 40.5 Å². The number of hydrogen-bond donors (Lipinski definition) is 1. The topological polar surface area (TPSA) is 95.6 Å². The molecular weight excluding hydrogens is 378 g/mol. The number of aliphatic hydroxyl groups is 1. The molecule has 0 bridgehead atoms. The van der Waals surface area contributed by atoms with E-state index in [1.807, 2.05) is 4.90 Å². The molecule has 3 rings (SSSR count). The average molecular weight is 396 g/mol. The molecule has 138 valence electrons. The summed E-state index contributed by atoms with van der Waals surface area (Å²) in [6.07, 6.45) is 1.36. The fourth-order valence-corrected chi connectivity index (χ4v) is 3.74. The molecule has 10 heteroatoms. The van der Waals surface area contributed by atoms with Gasteiger partial charge in [-0.25, -0.2) is 9.97 Å². The first-order chi connectivity index (χ1) is 12.6. The molecule has 1 aliphatic heterocycles. The Morgan fingerprint density at radius 3 is 2.50 bits per heavy atom. The highest BCUT2D eigenvalue weighted by Gasteiger charge is 2.29. The van der Waals surface area contributed by atoms with Crippen LogP contribution in [0.4, 0.5) is 11.5 Å². The number of halogens is 1. The van der Waals surface area contributed by atoms with Crippen molar-refractivity contribution >= 4 is 34.9 Å². The van der Waals surface area contributed by atoms with Crippen molar-refractivity contribution in [2.45, 2.75) is 9.92 Å². The minimum absolute atomic E-state index is 0.0805. The molecule has 1 aliphatic rings. The molecule has 2 aromatic rings. The molecule has 0 radical (unpaired) electrons.